The fourth-order valence-corrected chi connectivity index (χ4v) is 2.56. The highest BCUT2D eigenvalue weighted by Crippen LogP contribution is 2.22. The summed E-state index contributed by atoms with van der Waals surface area (Å²) in [4.78, 5) is 0. The molecule has 0 saturated carbocycles. The van der Waals surface area contributed by atoms with E-state index in [9.17, 15) is 0 Å². The monoisotopic (exact) mass is 328 g/mol. The van der Waals surface area contributed by atoms with E-state index in [2.05, 4.69) is 69.2 Å². The van der Waals surface area contributed by atoms with Crippen LogP contribution in [-0.4, -0.2) is 5.52 Å². The highest BCUT2D eigenvalue weighted by Gasteiger charge is 2.16. The zero-order valence-electron chi connectivity index (χ0n) is 11.0. The summed E-state index contributed by atoms with van der Waals surface area (Å²) in [5.74, 6) is 0.892. The van der Waals surface area contributed by atoms with Crippen LogP contribution in [0.3, 0.4) is 0 Å². The van der Waals surface area contributed by atoms with Crippen LogP contribution in [0.1, 0.15) is 5.56 Å². The van der Waals surface area contributed by atoms with Gasteiger partial charge in [0.2, 0.25) is 0 Å². The van der Waals surface area contributed by atoms with Gasteiger partial charge in [0.1, 0.15) is 5.52 Å². The Kier molecular flexibility index (Phi) is 3.97. The highest BCUT2D eigenvalue weighted by molar-refractivity contribution is 9.09. The van der Waals surface area contributed by atoms with Crippen molar-refractivity contribution in [3.63, 3.8) is 0 Å². The molecule has 0 fully saturated rings. The molecule has 0 unspecified atom stereocenters. The van der Waals surface area contributed by atoms with E-state index in [1.807, 2.05) is 18.2 Å². The molecule has 0 spiro atoms. The molecule has 1 aromatic heterocycles. The standard InChI is InChI=1S/C17H15BrNO/c18-13-20-17-16-9-5-4-8-15(16)10-11-19(17)12-14-6-2-1-3-7-14/h1-11H,12-13H2/q+1. The van der Waals surface area contributed by atoms with Crippen LogP contribution in [-0.2, 0) is 6.54 Å². The zero-order chi connectivity index (χ0) is 13.8. The lowest BCUT2D eigenvalue weighted by Gasteiger charge is -2.07. The van der Waals surface area contributed by atoms with Crippen LogP contribution in [0, 0.1) is 0 Å². The van der Waals surface area contributed by atoms with Gasteiger partial charge in [-0.05, 0) is 27.4 Å². The lowest BCUT2D eigenvalue weighted by Crippen LogP contribution is -2.36. The topological polar surface area (TPSA) is 13.1 Å². The molecule has 0 radical (unpaired) electrons. The van der Waals surface area contributed by atoms with Gasteiger partial charge in [-0.15, -0.1) is 0 Å². The van der Waals surface area contributed by atoms with Crippen LogP contribution in [0.5, 0.6) is 5.88 Å². The molecule has 0 aliphatic rings. The van der Waals surface area contributed by atoms with Gasteiger partial charge in [-0.25, -0.2) is 0 Å². The maximum Gasteiger partial charge on any atom is 0.377 e. The van der Waals surface area contributed by atoms with Gasteiger partial charge in [0.05, 0.1) is 5.39 Å². The number of alkyl halides is 1. The van der Waals surface area contributed by atoms with E-state index in [1.165, 1.54) is 10.9 Å². The maximum atomic E-state index is 5.80. The molecule has 0 aliphatic heterocycles. The van der Waals surface area contributed by atoms with Crippen molar-refractivity contribution in [2.75, 3.05) is 5.52 Å². The summed E-state index contributed by atoms with van der Waals surface area (Å²) >= 11 is 3.36. The molecule has 20 heavy (non-hydrogen) atoms. The smallest absolute Gasteiger partial charge is 0.377 e. The predicted molar refractivity (Wildman–Crippen MR) is 84.1 cm³/mol. The molecule has 0 N–H and O–H groups in total. The number of benzene rings is 2. The predicted octanol–water partition coefficient (Wildman–Crippen LogP) is 3.91. The summed E-state index contributed by atoms with van der Waals surface area (Å²) in [6, 6.07) is 20.8. The molecule has 1 heterocycles. The fraction of sp³-hybridized carbons (Fsp3) is 0.118. The first-order chi connectivity index (χ1) is 9.88. The third-order valence-corrected chi connectivity index (χ3v) is 3.50. The molecule has 0 amide bonds. The summed E-state index contributed by atoms with van der Waals surface area (Å²) in [5, 5.41) is 2.32. The Bertz CT molecular complexity index is 713. The number of fused-ring (bicyclic) bond motifs is 1. The second-order valence-corrected chi connectivity index (χ2v) is 5.03. The first kappa shape index (κ1) is 13.1. The van der Waals surface area contributed by atoms with Crippen LogP contribution in [0.15, 0.2) is 66.9 Å². The summed E-state index contributed by atoms with van der Waals surface area (Å²) in [6.45, 7) is 0.800. The van der Waals surface area contributed by atoms with E-state index in [1.54, 1.807) is 0 Å². The zero-order valence-corrected chi connectivity index (χ0v) is 12.6. The fourth-order valence-electron chi connectivity index (χ4n) is 2.35. The number of aromatic nitrogens is 1. The van der Waals surface area contributed by atoms with Gasteiger partial charge >= 0.3 is 5.88 Å². The van der Waals surface area contributed by atoms with Gasteiger partial charge in [-0.3, -0.25) is 0 Å². The number of hydrogen-bond donors (Lipinski definition) is 0. The molecule has 2 nitrogen and oxygen atoms in total. The van der Waals surface area contributed by atoms with Crippen molar-refractivity contribution in [1.82, 2.24) is 0 Å². The van der Waals surface area contributed by atoms with Crippen molar-refractivity contribution in [2.45, 2.75) is 6.54 Å². The molecule has 2 aromatic carbocycles. The largest absolute Gasteiger partial charge is 0.432 e. The third kappa shape index (κ3) is 2.68. The average Bonchev–Trinajstić information content (AvgIpc) is 2.51. The number of halogens is 1. The van der Waals surface area contributed by atoms with Crippen molar-refractivity contribution in [2.24, 2.45) is 0 Å². The van der Waals surface area contributed by atoms with Gasteiger partial charge in [0.25, 0.3) is 0 Å². The first-order valence-electron chi connectivity index (χ1n) is 6.52. The van der Waals surface area contributed by atoms with Gasteiger partial charge in [0, 0.05) is 11.6 Å². The molecule has 3 aromatic rings. The molecule has 0 aliphatic carbocycles. The van der Waals surface area contributed by atoms with E-state index < -0.39 is 0 Å². The number of hydrogen-bond acceptors (Lipinski definition) is 1. The van der Waals surface area contributed by atoms with Crippen LogP contribution in [0.25, 0.3) is 10.8 Å². The van der Waals surface area contributed by atoms with Crippen LogP contribution in [0.2, 0.25) is 0 Å². The van der Waals surface area contributed by atoms with E-state index in [4.69, 9.17) is 4.74 Å². The van der Waals surface area contributed by atoms with Crippen LogP contribution in [0.4, 0.5) is 0 Å². The Morgan fingerprint density at radius 2 is 1.65 bits per heavy atom. The molecule has 0 bridgehead atoms. The van der Waals surface area contributed by atoms with E-state index in [0.29, 0.717) is 5.52 Å². The number of nitrogens with zero attached hydrogens (tertiary/aromatic N) is 1. The van der Waals surface area contributed by atoms with Crippen molar-refractivity contribution < 1.29 is 9.30 Å². The molecule has 100 valence electrons. The number of ether oxygens (including phenoxy) is 1. The van der Waals surface area contributed by atoms with E-state index in [0.717, 1.165) is 17.8 Å². The second-order valence-electron chi connectivity index (χ2n) is 4.58. The Hall–Kier alpha value is -1.87. The minimum atomic E-state index is 0.482. The van der Waals surface area contributed by atoms with Crippen LogP contribution >= 0.6 is 15.9 Å². The Balaban J connectivity index is 2.08. The molecule has 3 rings (SSSR count). The van der Waals surface area contributed by atoms with Gasteiger partial charge in [0.15, 0.2) is 12.7 Å². The summed E-state index contributed by atoms with van der Waals surface area (Å²) in [5.41, 5.74) is 1.74. The van der Waals surface area contributed by atoms with Gasteiger partial charge in [-0.1, -0.05) is 48.5 Å². The maximum absolute atomic E-state index is 5.80. The Labute approximate surface area is 126 Å². The van der Waals surface area contributed by atoms with Crippen molar-refractivity contribution in [3.05, 3.63) is 72.4 Å². The molecule has 0 atom stereocenters. The summed E-state index contributed by atoms with van der Waals surface area (Å²) in [7, 11) is 0. The van der Waals surface area contributed by atoms with Crippen molar-refractivity contribution in [3.8, 4) is 5.88 Å². The minimum absolute atomic E-state index is 0.482. The Morgan fingerprint density at radius 1 is 0.900 bits per heavy atom. The van der Waals surface area contributed by atoms with Crippen molar-refractivity contribution >= 4 is 26.7 Å². The molecular formula is C17H15BrNO+. The second kappa shape index (κ2) is 6.06. The lowest BCUT2D eigenvalue weighted by atomic mass is 10.1. The first-order valence-corrected chi connectivity index (χ1v) is 7.64. The number of rotatable bonds is 4. The lowest BCUT2D eigenvalue weighted by molar-refractivity contribution is -0.691. The average molecular weight is 329 g/mol. The normalized spacial score (nSPS) is 10.7. The van der Waals surface area contributed by atoms with E-state index in [-0.39, 0.29) is 0 Å². The number of pyridine rings is 1. The highest BCUT2D eigenvalue weighted by atomic mass is 79.9. The van der Waals surface area contributed by atoms with E-state index >= 15 is 0 Å². The molecule has 3 heteroatoms. The third-order valence-electron chi connectivity index (χ3n) is 3.27. The van der Waals surface area contributed by atoms with Crippen LogP contribution < -0.4 is 9.30 Å². The SMILES string of the molecule is BrCOc1c2ccccc2cc[n+]1Cc1ccccc1. The van der Waals surface area contributed by atoms with Crippen molar-refractivity contribution in [1.29, 1.82) is 0 Å². The van der Waals surface area contributed by atoms with Gasteiger partial charge in [-0.2, -0.15) is 4.57 Å². The summed E-state index contributed by atoms with van der Waals surface area (Å²) in [6.07, 6.45) is 2.08. The Morgan fingerprint density at radius 3 is 2.45 bits per heavy atom. The quantitative estimate of drug-likeness (QED) is 0.523. The van der Waals surface area contributed by atoms with Gasteiger partial charge < -0.3 is 4.74 Å². The molecule has 0 saturated heterocycles. The summed E-state index contributed by atoms with van der Waals surface area (Å²) < 4.78 is 7.94. The molecular weight excluding hydrogens is 314 g/mol. The minimum Gasteiger partial charge on any atom is -0.432 e.